The molecule has 0 amide bonds. The summed E-state index contributed by atoms with van der Waals surface area (Å²) in [5, 5.41) is 13.2. The van der Waals surface area contributed by atoms with Crippen molar-refractivity contribution in [3.63, 3.8) is 0 Å². The van der Waals surface area contributed by atoms with E-state index in [1.807, 2.05) is 13.8 Å². The number of aromatic nitrogens is 2. The lowest BCUT2D eigenvalue weighted by molar-refractivity contribution is 0.0456. The molecular weight excluding hydrogens is 242 g/mol. The molecule has 0 aliphatic heterocycles. The molecule has 5 heteroatoms. The van der Waals surface area contributed by atoms with Crippen molar-refractivity contribution in [3.05, 3.63) is 22.7 Å². The van der Waals surface area contributed by atoms with Gasteiger partial charge in [0.2, 0.25) is 0 Å². The summed E-state index contributed by atoms with van der Waals surface area (Å²) < 4.78 is 1.65. The van der Waals surface area contributed by atoms with Gasteiger partial charge in [-0.05, 0) is 18.8 Å². The lowest BCUT2D eigenvalue weighted by Crippen LogP contribution is -2.37. The maximum atomic E-state index is 12.2. The molecule has 0 saturated carbocycles. The average Bonchev–Trinajstić information content (AvgIpc) is 2.39. The Labute approximate surface area is 114 Å². The van der Waals surface area contributed by atoms with Crippen molar-refractivity contribution in [1.82, 2.24) is 9.55 Å². The molecule has 0 unspecified atom stereocenters. The van der Waals surface area contributed by atoms with Gasteiger partial charge >= 0.3 is 0 Å². The first-order chi connectivity index (χ1) is 8.91. The smallest absolute Gasteiger partial charge is 0.293 e. The molecule has 0 atom stereocenters. The number of aliphatic hydroxyl groups is 1. The SMILES string of the molecule is CCC(O)(CC)CNc1nccn(CC(C)C)c1=O. The average molecular weight is 267 g/mol. The molecule has 0 fully saturated rings. The van der Waals surface area contributed by atoms with Crippen LogP contribution in [0.1, 0.15) is 40.5 Å². The monoisotopic (exact) mass is 267 g/mol. The first kappa shape index (κ1) is 15.7. The highest BCUT2D eigenvalue weighted by molar-refractivity contribution is 5.31. The quantitative estimate of drug-likeness (QED) is 0.791. The molecule has 0 spiro atoms. The molecule has 1 rings (SSSR count). The third-order valence-corrected chi connectivity index (χ3v) is 3.38. The first-order valence-electron chi connectivity index (χ1n) is 6.93. The third kappa shape index (κ3) is 4.35. The lowest BCUT2D eigenvalue weighted by atomic mass is 9.98. The Morgan fingerprint density at radius 2 is 2.05 bits per heavy atom. The summed E-state index contributed by atoms with van der Waals surface area (Å²) in [5.41, 5.74) is -0.918. The zero-order chi connectivity index (χ0) is 14.5. The normalized spacial score (nSPS) is 11.9. The largest absolute Gasteiger partial charge is 0.388 e. The zero-order valence-electron chi connectivity index (χ0n) is 12.3. The van der Waals surface area contributed by atoms with E-state index in [0.29, 0.717) is 37.7 Å². The van der Waals surface area contributed by atoms with Crippen LogP contribution in [0.5, 0.6) is 0 Å². The Kier molecular flexibility index (Phi) is 5.54. The number of anilines is 1. The third-order valence-electron chi connectivity index (χ3n) is 3.38. The van der Waals surface area contributed by atoms with Crippen LogP contribution in [0.4, 0.5) is 5.82 Å². The molecule has 108 valence electrons. The summed E-state index contributed by atoms with van der Waals surface area (Å²) in [7, 11) is 0. The summed E-state index contributed by atoms with van der Waals surface area (Å²) in [4.78, 5) is 16.2. The van der Waals surface area contributed by atoms with Crippen molar-refractivity contribution in [2.75, 3.05) is 11.9 Å². The summed E-state index contributed by atoms with van der Waals surface area (Å²) in [6.07, 6.45) is 4.59. The number of hydrogen-bond donors (Lipinski definition) is 2. The molecule has 0 radical (unpaired) electrons. The maximum absolute atomic E-state index is 12.2. The summed E-state index contributed by atoms with van der Waals surface area (Å²) in [6, 6.07) is 0. The van der Waals surface area contributed by atoms with Gasteiger partial charge in [0.25, 0.3) is 5.56 Å². The Hall–Kier alpha value is -1.36. The molecule has 1 heterocycles. The van der Waals surface area contributed by atoms with E-state index in [4.69, 9.17) is 0 Å². The predicted octanol–water partition coefficient (Wildman–Crippen LogP) is 1.86. The predicted molar refractivity (Wildman–Crippen MR) is 77.4 cm³/mol. The van der Waals surface area contributed by atoms with Crippen LogP contribution in [-0.2, 0) is 6.54 Å². The number of nitrogens with one attached hydrogen (secondary N) is 1. The van der Waals surface area contributed by atoms with Gasteiger partial charge in [0, 0.05) is 25.5 Å². The molecule has 1 aromatic rings. The van der Waals surface area contributed by atoms with Crippen LogP contribution in [0.3, 0.4) is 0 Å². The topological polar surface area (TPSA) is 67.2 Å². The first-order valence-corrected chi connectivity index (χ1v) is 6.93. The molecule has 19 heavy (non-hydrogen) atoms. The van der Waals surface area contributed by atoms with Gasteiger partial charge < -0.3 is 15.0 Å². The zero-order valence-corrected chi connectivity index (χ0v) is 12.3. The molecule has 0 aliphatic rings. The van der Waals surface area contributed by atoms with Crippen molar-refractivity contribution in [2.24, 2.45) is 5.92 Å². The van der Waals surface area contributed by atoms with Crippen LogP contribution in [-0.4, -0.2) is 26.8 Å². The minimum Gasteiger partial charge on any atom is -0.388 e. The highest BCUT2D eigenvalue weighted by Crippen LogP contribution is 2.14. The van der Waals surface area contributed by atoms with Crippen LogP contribution in [0.2, 0.25) is 0 Å². The van der Waals surface area contributed by atoms with Crippen molar-refractivity contribution in [1.29, 1.82) is 0 Å². The molecule has 0 aromatic carbocycles. The van der Waals surface area contributed by atoms with E-state index >= 15 is 0 Å². The highest BCUT2D eigenvalue weighted by Gasteiger charge is 2.22. The van der Waals surface area contributed by atoms with E-state index in [9.17, 15) is 9.90 Å². The molecule has 0 aliphatic carbocycles. The second kappa shape index (κ2) is 6.70. The van der Waals surface area contributed by atoms with E-state index in [0.717, 1.165) is 0 Å². The van der Waals surface area contributed by atoms with Gasteiger partial charge in [0.1, 0.15) is 0 Å². The summed E-state index contributed by atoms with van der Waals surface area (Å²) in [5.74, 6) is 0.708. The van der Waals surface area contributed by atoms with Gasteiger partial charge in [-0.2, -0.15) is 0 Å². The number of nitrogens with zero attached hydrogens (tertiary/aromatic N) is 2. The minimum atomic E-state index is -0.785. The standard InChI is InChI=1S/C14H25N3O2/c1-5-14(19,6-2)10-16-12-13(18)17(8-7-15-12)9-11(3)4/h7-8,11,19H,5-6,9-10H2,1-4H3,(H,15,16). The fourth-order valence-electron chi connectivity index (χ4n) is 1.85. The van der Waals surface area contributed by atoms with Crippen LogP contribution in [0.15, 0.2) is 17.2 Å². The van der Waals surface area contributed by atoms with E-state index < -0.39 is 5.60 Å². The number of hydrogen-bond acceptors (Lipinski definition) is 4. The van der Waals surface area contributed by atoms with E-state index in [1.165, 1.54) is 0 Å². The Morgan fingerprint density at radius 1 is 1.42 bits per heavy atom. The molecule has 1 aromatic heterocycles. The fourth-order valence-corrected chi connectivity index (χ4v) is 1.85. The van der Waals surface area contributed by atoms with Crippen molar-refractivity contribution in [3.8, 4) is 0 Å². The molecule has 2 N–H and O–H groups in total. The summed E-state index contributed by atoms with van der Waals surface area (Å²) in [6.45, 7) is 9.00. The molecule has 5 nitrogen and oxygen atoms in total. The Balaban J connectivity index is 2.82. The second-order valence-corrected chi connectivity index (χ2v) is 5.41. The molecular formula is C14H25N3O2. The summed E-state index contributed by atoms with van der Waals surface area (Å²) >= 11 is 0. The van der Waals surface area contributed by atoms with E-state index in [-0.39, 0.29) is 5.56 Å². The van der Waals surface area contributed by atoms with Crippen LogP contribution in [0, 0.1) is 5.92 Å². The maximum Gasteiger partial charge on any atom is 0.293 e. The fraction of sp³-hybridized carbons (Fsp3) is 0.714. The van der Waals surface area contributed by atoms with Gasteiger partial charge in [0.05, 0.1) is 5.60 Å². The number of rotatable bonds is 7. The van der Waals surface area contributed by atoms with E-state index in [2.05, 4.69) is 24.1 Å². The Bertz CT molecular complexity index is 450. The molecule has 0 bridgehead atoms. The van der Waals surface area contributed by atoms with Crippen LogP contribution < -0.4 is 10.9 Å². The van der Waals surface area contributed by atoms with Gasteiger partial charge in [-0.3, -0.25) is 4.79 Å². The van der Waals surface area contributed by atoms with Gasteiger partial charge in [-0.15, -0.1) is 0 Å². The lowest BCUT2D eigenvalue weighted by Gasteiger charge is -2.25. The minimum absolute atomic E-state index is 0.134. The van der Waals surface area contributed by atoms with Crippen molar-refractivity contribution >= 4 is 5.82 Å². The van der Waals surface area contributed by atoms with Gasteiger partial charge in [-0.25, -0.2) is 4.98 Å². The second-order valence-electron chi connectivity index (χ2n) is 5.41. The highest BCUT2D eigenvalue weighted by atomic mass is 16.3. The van der Waals surface area contributed by atoms with Gasteiger partial charge in [0.15, 0.2) is 5.82 Å². The van der Waals surface area contributed by atoms with Crippen LogP contribution >= 0.6 is 0 Å². The van der Waals surface area contributed by atoms with Crippen molar-refractivity contribution in [2.45, 2.75) is 52.7 Å². The van der Waals surface area contributed by atoms with Crippen LogP contribution in [0.25, 0.3) is 0 Å². The Morgan fingerprint density at radius 3 is 2.58 bits per heavy atom. The van der Waals surface area contributed by atoms with E-state index in [1.54, 1.807) is 17.0 Å². The molecule has 0 saturated heterocycles. The van der Waals surface area contributed by atoms with Gasteiger partial charge in [-0.1, -0.05) is 27.7 Å². The van der Waals surface area contributed by atoms with Crippen molar-refractivity contribution < 1.29 is 5.11 Å².